The Morgan fingerprint density at radius 3 is 2.47 bits per heavy atom. The number of nitrogens with one attached hydrogen (secondary N) is 3. The number of pyridine rings is 1. The minimum atomic E-state index is -4.30. The normalized spacial score (nSPS) is 11.6. The highest BCUT2D eigenvalue weighted by Gasteiger charge is 2.24. The van der Waals surface area contributed by atoms with Crippen LogP contribution in [0.2, 0.25) is 4.34 Å². The molecule has 2 heterocycles. The number of carbonyl (C=O) groups is 1. The van der Waals surface area contributed by atoms with Gasteiger partial charge in [0.2, 0.25) is 0 Å². The lowest BCUT2D eigenvalue weighted by Crippen LogP contribution is -2.34. The molecule has 2 amide bonds. The molecule has 0 unspecified atom stereocenters. The van der Waals surface area contributed by atoms with Crippen molar-refractivity contribution in [3.05, 3.63) is 80.8 Å². The maximum absolute atomic E-state index is 15.1. The lowest BCUT2D eigenvalue weighted by Gasteiger charge is -2.16. The summed E-state index contributed by atoms with van der Waals surface area (Å²) in [7, 11) is -2.61. The van der Waals surface area contributed by atoms with Gasteiger partial charge in [-0.1, -0.05) is 11.6 Å². The van der Waals surface area contributed by atoms with Crippen LogP contribution in [0.5, 0.6) is 0 Å². The predicted molar refractivity (Wildman–Crippen MR) is 133 cm³/mol. The smallest absolute Gasteiger partial charge is 0.333 e. The Hall–Kier alpha value is -3.55. The zero-order chi connectivity index (χ0) is 26.2. The van der Waals surface area contributed by atoms with E-state index in [-0.39, 0.29) is 13.9 Å². The van der Waals surface area contributed by atoms with Gasteiger partial charge in [0.15, 0.2) is 0 Å². The fraction of sp³-hybridized carbons (Fsp3) is 0.0909. The van der Waals surface area contributed by atoms with Crippen LogP contribution >= 0.6 is 22.9 Å². The molecule has 0 atom stereocenters. The Labute approximate surface area is 211 Å². The molecule has 188 valence electrons. The Morgan fingerprint density at radius 2 is 1.83 bits per heavy atom. The van der Waals surface area contributed by atoms with Crippen molar-refractivity contribution in [3.63, 3.8) is 0 Å². The number of hydrogen-bond donors (Lipinski definition) is 3. The summed E-state index contributed by atoms with van der Waals surface area (Å²) in [6.45, 7) is 0. The third-order valence-electron chi connectivity index (χ3n) is 5.06. The van der Waals surface area contributed by atoms with Crippen LogP contribution in [0.3, 0.4) is 0 Å². The number of alkyl halides is 2. The van der Waals surface area contributed by atoms with Crippen LogP contribution in [-0.4, -0.2) is 26.1 Å². The molecule has 0 aliphatic heterocycles. The second-order valence-electron chi connectivity index (χ2n) is 7.36. The molecule has 2 aromatic carbocycles. The van der Waals surface area contributed by atoms with Gasteiger partial charge < -0.3 is 10.6 Å². The van der Waals surface area contributed by atoms with Crippen LogP contribution in [0.25, 0.3) is 16.5 Å². The summed E-state index contributed by atoms with van der Waals surface area (Å²) in [6, 6.07) is 8.90. The topological polar surface area (TPSA) is 109 Å². The van der Waals surface area contributed by atoms with Crippen molar-refractivity contribution in [2.24, 2.45) is 0 Å². The predicted octanol–water partition coefficient (Wildman–Crippen LogP) is 5.33. The van der Waals surface area contributed by atoms with E-state index >= 15 is 4.39 Å². The number of urea groups is 1. The van der Waals surface area contributed by atoms with Crippen molar-refractivity contribution < 1.29 is 26.4 Å². The van der Waals surface area contributed by atoms with Crippen molar-refractivity contribution in [1.29, 1.82) is 0 Å². The average Bonchev–Trinajstić information content (AvgIpc) is 3.26. The highest BCUT2D eigenvalue weighted by molar-refractivity contribution is 7.92. The van der Waals surface area contributed by atoms with Gasteiger partial charge in [-0.05, 0) is 53.9 Å². The Morgan fingerprint density at radius 1 is 1.08 bits per heavy atom. The van der Waals surface area contributed by atoms with Crippen molar-refractivity contribution in [2.75, 3.05) is 17.7 Å². The molecule has 0 saturated heterocycles. The number of amides is 2. The molecule has 14 heteroatoms. The van der Waals surface area contributed by atoms with Crippen molar-refractivity contribution >= 4 is 61.1 Å². The zero-order valence-electron chi connectivity index (χ0n) is 18.2. The van der Waals surface area contributed by atoms with Gasteiger partial charge in [-0.15, -0.1) is 11.3 Å². The molecule has 4 rings (SSSR count). The minimum Gasteiger partial charge on any atom is -0.388 e. The summed E-state index contributed by atoms with van der Waals surface area (Å²) in [5, 5.41) is 5.63. The van der Waals surface area contributed by atoms with Crippen LogP contribution in [-0.2, 0) is 10.0 Å². The van der Waals surface area contributed by atoms with E-state index in [4.69, 9.17) is 11.6 Å². The number of benzene rings is 2. The van der Waals surface area contributed by atoms with Crippen molar-refractivity contribution in [2.45, 2.75) is 10.6 Å². The Kier molecular flexibility index (Phi) is 6.98. The van der Waals surface area contributed by atoms with E-state index in [2.05, 4.69) is 5.32 Å². The lowest BCUT2D eigenvalue weighted by atomic mass is 10.1. The van der Waals surface area contributed by atoms with Gasteiger partial charge in [-0.25, -0.2) is 31.1 Å². The molecule has 0 aliphatic rings. The molecule has 8 nitrogen and oxygen atoms in total. The molecule has 36 heavy (non-hydrogen) atoms. The second-order valence-corrected chi connectivity index (χ2v) is 11.0. The van der Waals surface area contributed by atoms with Crippen LogP contribution in [0.1, 0.15) is 12.0 Å². The highest BCUT2D eigenvalue weighted by atomic mass is 35.5. The maximum atomic E-state index is 15.1. The number of fused-ring (bicyclic) bond motifs is 1. The molecule has 0 spiro atoms. The van der Waals surface area contributed by atoms with Crippen molar-refractivity contribution in [1.82, 2.24) is 9.29 Å². The molecule has 0 radical (unpaired) electrons. The third-order valence-corrected chi connectivity index (χ3v) is 8.11. The lowest BCUT2D eigenvalue weighted by molar-refractivity contribution is 0.151. The number of hydrogen-bond acceptors (Lipinski definition) is 6. The van der Waals surface area contributed by atoms with E-state index in [0.717, 1.165) is 16.3 Å². The van der Waals surface area contributed by atoms with E-state index in [1.165, 1.54) is 30.5 Å². The molecule has 0 saturated carbocycles. The summed E-state index contributed by atoms with van der Waals surface area (Å²) < 4.78 is 69.8. The van der Waals surface area contributed by atoms with E-state index in [9.17, 15) is 26.8 Å². The number of carbonyl (C=O) groups excluding carboxylic acids is 1. The second kappa shape index (κ2) is 9.84. The standard InChI is InChI=1S/C22H16ClF3N4O4S2/c1-27-12-2-3-14-11(8-12)6-7-30(21(14)31)19-15(20(25)26)9-13(10-16(19)24)28-22(32)29-36(33,34)18-5-4-17(23)35-18/h2-10,20,27H,1H3,(H2,28,29,32). The molecule has 2 aromatic heterocycles. The first-order chi connectivity index (χ1) is 17.0. The number of sulfonamides is 1. The van der Waals surface area contributed by atoms with E-state index in [0.29, 0.717) is 22.8 Å². The summed E-state index contributed by atoms with van der Waals surface area (Å²) in [4.78, 5) is 25.2. The Bertz CT molecular complexity index is 1660. The number of anilines is 2. The first-order valence-corrected chi connectivity index (χ1v) is 12.7. The molecular weight excluding hydrogens is 541 g/mol. The molecule has 0 fully saturated rings. The zero-order valence-corrected chi connectivity index (χ0v) is 20.6. The number of aromatic nitrogens is 1. The highest BCUT2D eigenvalue weighted by Crippen LogP contribution is 2.31. The van der Waals surface area contributed by atoms with Crippen molar-refractivity contribution in [3.8, 4) is 5.69 Å². The first kappa shape index (κ1) is 25.5. The molecule has 4 aromatic rings. The number of thiophene rings is 1. The summed E-state index contributed by atoms with van der Waals surface area (Å²) in [5.41, 5.74) is -2.03. The number of nitrogens with zero attached hydrogens (tertiary/aromatic N) is 1. The minimum absolute atomic E-state index is 0.168. The number of halogens is 4. The molecule has 3 N–H and O–H groups in total. The SMILES string of the molecule is CNc1ccc2c(=O)n(-c3c(F)cc(NC(=O)NS(=O)(=O)c4ccc(Cl)s4)cc3C(F)F)ccc2c1. The van der Waals surface area contributed by atoms with Gasteiger partial charge in [-0.2, -0.15) is 0 Å². The summed E-state index contributed by atoms with van der Waals surface area (Å²) in [6.07, 6.45) is -2.06. The first-order valence-electron chi connectivity index (χ1n) is 10.0. The van der Waals surface area contributed by atoms with Gasteiger partial charge >= 0.3 is 6.03 Å². The molecule has 0 aliphatic carbocycles. The van der Waals surface area contributed by atoms with Gasteiger partial charge in [0.25, 0.3) is 22.0 Å². The summed E-state index contributed by atoms with van der Waals surface area (Å²) >= 11 is 6.40. The van der Waals surface area contributed by atoms with E-state index in [1.807, 2.05) is 5.32 Å². The van der Waals surface area contributed by atoms with Crippen LogP contribution < -0.4 is 20.9 Å². The Balaban J connectivity index is 1.69. The molecule has 0 bridgehead atoms. The monoisotopic (exact) mass is 556 g/mol. The maximum Gasteiger partial charge on any atom is 0.333 e. The fourth-order valence-electron chi connectivity index (χ4n) is 3.46. The fourth-order valence-corrected chi connectivity index (χ4v) is 5.85. The van der Waals surface area contributed by atoms with Crippen LogP contribution in [0.15, 0.2) is 63.7 Å². The third kappa shape index (κ3) is 5.03. The van der Waals surface area contributed by atoms with Crippen LogP contribution in [0, 0.1) is 5.82 Å². The van der Waals surface area contributed by atoms with Crippen LogP contribution in [0.4, 0.5) is 29.3 Å². The van der Waals surface area contributed by atoms with Gasteiger partial charge in [0.1, 0.15) is 10.0 Å². The van der Waals surface area contributed by atoms with E-state index in [1.54, 1.807) is 23.9 Å². The molecular formula is C22H16ClF3N4O4S2. The number of rotatable bonds is 6. The van der Waals surface area contributed by atoms with E-state index < -0.39 is 50.8 Å². The van der Waals surface area contributed by atoms with Gasteiger partial charge in [0.05, 0.1) is 10.0 Å². The summed E-state index contributed by atoms with van der Waals surface area (Å²) in [5.74, 6) is -1.23. The van der Waals surface area contributed by atoms with Gasteiger partial charge in [-0.3, -0.25) is 9.36 Å². The quantitative estimate of drug-likeness (QED) is 0.297. The largest absolute Gasteiger partial charge is 0.388 e. The average molecular weight is 557 g/mol. The van der Waals surface area contributed by atoms with Gasteiger partial charge in [0, 0.05) is 35.6 Å².